The van der Waals surface area contributed by atoms with Gasteiger partial charge in [0.15, 0.2) is 0 Å². The first-order chi connectivity index (χ1) is 16.3. The summed E-state index contributed by atoms with van der Waals surface area (Å²) < 4.78 is 0. The van der Waals surface area contributed by atoms with Gasteiger partial charge in [0.25, 0.3) is 0 Å². The van der Waals surface area contributed by atoms with Crippen LogP contribution < -0.4 is 16.4 Å². The number of allylic oxidation sites excluding steroid dienone is 3. The number of hydrogen-bond donors (Lipinski definition) is 3. The molecule has 4 N–H and O–H groups in total. The van der Waals surface area contributed by atoms with E-state index in [1.165, 1.54) is 45.9 Å². The molecule has 4 aliphatic rings. The molecule has 1 aliphatic carbocycles. The van der Waals surface area contributed by atoms with E-state index in [-0.39, 0.29) is 6.04 Å². The van der Waals surface area contributed by atoms with Crippen molar-refractivity contribution in [1.29, 1.82) is 0 Å². The predicted molar refractivity (Wildman–Crippen MR) is 139 cm³/mol. The molecule has 33 heavy (non-hydrogen) atoms. The van der Waals surface area contributed by atoms with Gasteiger partial charge < -0.3 is 26.2 Å². The van der Waals surface area contributed by atoms with Gasteiger partial charge in [-0.3, -0.25) is 0 Å². The molecule has 3 aliphatic heterocycles. The monoisotopic (exact) mass is 459 g/mol. The Morgan fingerprint density at radius 1 is 1.00 bits per heavy atom. The maximum Gasteiger partial charge on any atom is 0.0884 e. The van der Waals surface area contributed by atoms with Gasteiger partial charge in [-0.1, -0.05) is 36.4 Å². The van der Waals surface area contributed by atoms with Crippen LogP contribution >= 0.6 is 11.3 Å². The minimum atomic E-state index is 0.222. The molecule has 1 aromatic heterocycles. The normalized spacial score (nSPS) is 25.2. The van der Waals surface area contributed by atoms with Crippen LogP contribution in [-0.2, 0) is 0 Å². The third kappa shape index (κ3) is 4.06. The van der Waals surface area contributed by atoms with E-state index < -0.39 is 0 Å². The number of piperazine rings is 1. The Morgan fingerprint density at radius 3 is 2.64 bits per heavy atom. The zero-order valence-electron chi connectivity index (χ0n) is 19.1. The summed E-state index contributed by atoms with van der Waals surface area (Å²) in [7, 11) is 0. The number of fused-ring (bicyclic) bond motifs is 1. The summed E-state index contributed by atoms with van der Waals surface area (Å²) in [5, 5.41) is 8.14. The van der Waals surface area contributed by atoms with Gasteiger partial charge in [0.05, 0.1) is 33.3 Å². The largest absolute Gasteiger partial charge is 0.391 e. The van der Waals surface area contributed by atoms with Crippen molar-refractivity contribution in [2.24, 2.45) is 0 Å². The van der Waals surface area contributed by atoms with Crippen LogP contribution in [0.4, 0.5) is 10.7 Å². The first-order valence-electron chi connectivity index (χ1n) is 12.3. The molecule has 5 nitrogen and oxygen atoms in total. The van der Waals surface area contributed by atoms with Gasteiger partial charge in [0.1, 0.15) is 0 Å². The number of likely N-dealkylation sites (tertiary alicyclic amines) is 1. The maximum atomic E-state index is 6.29. The molecule has 4 heterocycles. The minimum absolute atomic E-state index is 0.222. The molecule has 6 rings (SSSR count). The van der Waals surface area contributed by atoms with Crippen LogP contribution in [0.15, 0.2) is 65.9 Å². The Labute approximate surface area is 200 Å². The lowest BCUT2D eigenvalue weighted by molar-refractivity contribution is 0.289. The number of anilines is 2. The highest BCUT2D eigenvalue weighted by atomic mass is 32.1. The fraction of sp³-hybridized carbons (Fsp3) is 0.407. The van der Waals surface area contributed by atoms with Gasteiger partial charge in [-0.2, -0.15) is 0 Å². The fourth-order valence-electron chi connectivity index (χ4n) is 5.77. The number of rotatable bonds is 4. The zero-order valence-corrected chi connectivity index (χ0v) is 19.9. The predicted octanol–water partition coefficient (Wildman–Crippen LogP) is 4.81. The summed E-state index contributed by atoms with van der Waals surface area (Å²) in [6.07, 6.45) is 11.9. The van der Waals surface area contributed by atoms with Gasteiger partial charge in [-0.05, 0) is 55.0 Å². The Hall–Kier alpha value is -2.70. The van der Waals surface area contributed by atoms with Crippen LogP contribution in [0, 0.1) is 0 Å². The van der Waals surface area contributed by atoms with Crippen molar-refractivity contribution < 1.29 is 0 Å². The average molecular weight is 460 g/mol. The number of nitrogens with zero attached hydrogens (tertiary/aromatic N) is 2. The van der Waals surface area contributed by atoms with Gasteiger partial charge in [-0.15, -0.1) is 11.3 Å². The van der Waals surface area contributed by atoms with Crippen molar-refractivity contribution in [3.05, 3.63) is 76.3 Å². The summed E-state index contributed by atoms with van der Waals surface area (Å²) in [5.41, 5.74) is 13.2. The summed E-state index contributed by atoms with van der Waals surface area (Å²) in [6.45, 7) is 5.51. The van der Waals surface area contributed by atoms with Gasteiger partial charge >= 0.3 is 0 Å². The second kappa shape index (κ2) is 8.92. The minimum Gasteiger partial charge on any atom is -0.391 e. The van der Waals surface area contributed by atoms with E-state index in [4.69, 9.17) is 5.73 Å². The van der Waals surface area contributed by atoms with Crippen LogP contribution in [0.5, 0.6) is 0 Å². The van der Waals surface area contributed by atoms with Crippen LogP contribution in [-0.4, -0.2) is 48.6 Å². The van der Waals surface area contributed by atoms with Gasteiger partial charge in [-0.25, -0.2) is 0 Å². The Kier molecular flexibility index (Phi) is 5.64. The molecule has 2 unspecified atom stereocenters. The van der Waals surface area contributed by atoms with Crippen LogP contribution in [0.2, 0.25) is 0 Å². The van der Waals surface area contributed by atoms with Crippen LogP contribution in [0.25, 0.3) is 5.70 Å². The molecule has 0 bridgehead atoms. The van der Waals surface area contributed by atoms with Crippen molar-refractivity contribution >= 4 is 27.7 Å². The highest BCUT2D eigenvalue weighted by Gasteiger charge is 2.33. The third-order valence-corrected chi connectivity index (χ3v) is 8.43. The maximum absolute atomic E-state index is 6.29. The van der Waals surface area contributed by atoms with E-state index in [1.54, 1.807) is 11.3 Å². The van der Waals surface area contributed by atoms with Gasteiger partial charge in [0, 0.05) is 38.4 Å². The fourth-order valence-corrected chi connectivity index (χ4v) is 6.70. The molecule has 0 radical (unpaired) electrons. The molecule has 172 valence electrons. The highest BCUT2D eigenvalue weighted by molar-refractivity contribution is 7.17. The lowest BCUT2D eigenvalue weighted by atomic mass is 9.92. The third-order valence-electron chi connectivity index (χ3n) is 7.45. The molecule has 2 aromatic rings. The Balaban J connectivity index is 1.31. The van der Waals surface area contributed by atoms with E-state index in [0.717, 1.165) is 50.6 Å². The van der Waals surface area contributed by atoms with Gasteiger partial charge in [0.2, 0.25) is 0 Å². The van der Waals surface area contributed by atoms with E-state index in [9.17, 15) is 0 Å². The second-order valence-corrected chi connectivity index (χ2v) is 10.5. The van der Waals surface area contributed by atoms with E-state index in [1.807, 2.05) is 0 Å². The Bertz CT molecular complexity index is 1090. The topological polar surface area (TPSA) is 56.6 Å². The molecule has 0 saturated carbocycles. The summed E-state index contributed by atoms with van der Waals surface area (Å²) in [5.74, 6) is 0. The Morgan fingerprint density at radius 2 is 1.85 bits per heavy atom. The molecular weight excluding hydrogens is 426 g/mol. The van der Waals surface area contributed by atoms with Crippen molar-refractivity contribution in [3.63, 3.8) is 0 Å². The first kappa shape index (κ1) is 20.9. The molecule has 2 fully saturated rings. The summed E-state index contributed by atoms with van der Waals surface area (Å²) >= 11 is 1.71. The van der Waals surface area contributed by atoms with E-state index >= 15 is 0 Å². The molecule has 2 atom stereocenters. The smallest absolute Gasteiger partial charge is 0.0884 e. The molecule has 0 spiro atoms. The quantitative estimate of drug-likeness (QED) is 0.613. The van der Waals surface area contributed by atoms with Crippen molar-refractivity contribution in [1.82, 2.24) is 15.1 Å². The highest BCUT2D eigenvalue weighted by Crippen LogP contribution is 2.46. The number of nitrogen functional groups attached to an aromatic ring is 1. The van der Waals surface area contributed by atoms with Crippen molar-refractivity contribution in [2.45, 2.75) is 37.8 Å². The standard InChI is InChI=1S/C27H33N5S/c28-26-18-23-27(33-26)25(32-14-4-7-24(32)20-5-2-1-3-6-20)17-22(30-23)19-8-10-21(11-9-19)31-15-12-29-13-16-31/h1-3,5-6,8,10,17-18,22,24,29-30H,4,7,9,11-16,28H2. The second-order valence-electron chi connectivity index (χ2n) is 9.46. The number of thiophene rings is 1. The van der Waals surface area contributed by atoms with E-state index in [2.05, 4.69) is 75.1 Å². The molecule has 1 aromatic carbocycles. The molecule has 2 saturated heterocycles. The summed E-state index contributed by atoms with van der Waals surface area (Å²) in [6, 6.07) is 13.8. The number of hydrogen-bond acceptors (Lipinski definition) is 6. The molecular formula is C27H33N5S. The van der Waals surface area contributed by atoms with Crippen molar-refractivity contribution in [3.8, 4) is 0 Å². The number of nitrogens with two attached hydrogens (primary N) is 1. The van der Waals surface area contributed by atoms with Crippen LogP contribution in [0.3, 0.4) is 0 Å². The molecule has 0 amide bonds. The van der Waals surface area contributed by atoms with Crippen molar-refractivity contribution in [2.75, 3.05) is 43.8 Å². The lowest BCUT2D eigenvalue weighted by Gasteiger charge is -2.36. The van der Waals surface area contributed by atoms with Crippen LogP contribution in [0.1, 0.15) is 42.2 Å². The number of benzene rings is 1. The lowest BCUT2D eigenvalue weighted by Crippen LogP contribution is -2.43. The SMILES string of the molecule is Nc1cc2c(s1)C(N1CCCC1c1ccccc1)=CC(C1=CC=C(N3CCNCC3)CC1)N2. The average Bonchev–Trinajstić information content (AvgIpc) is 3.51. The molecule has 6 heteroatoms. The summed E-state index contributed by atoms with van der Waals surface area (Å²) in [4.78, 5) is 6.47. The number of nitrogens with one attached hydrogen (secondary N) is 2. The van der Waals surface area contributed by atoms with E-state index in [0.29, 0.717) is 6.04 Å². The first-order valence-corrected chi connectivity index (χ1v) is 13.1. The zero-order chi connectivity index (χ0) is 22.2.